The van der Waals surface area contributed by atoms with Gasteiger partial charge in [-0.3, -0.25) is 9.69 Å². The number of hydrogen-bond acceptors (Lipinski definition) is 5. The molecule has 1 aliphatic rings. The Hall–Kier alpha value is -2.44. The molecule has 0 aliphatic carbocycles. The van der Waals surface area contributed by atoms with E-state index in [-0.39, 0.29) is 12.5 Å². The molecule has 2 aromatic rings. The van der Waals surface area contributed by atoms with Crippen molar-refractivity contribution in [2.45, 2.75) is 6.54 Å². The highest BCUT2D eigenvalue weighted by molar-refractivity contribution is 6.30. The molecule has 7 heteroatoms. The van der Waals surface area contributed by atoms with E-state index in [1.165, 1.54) is 5.56 Å². The van der Waals surface area contributed by atoms with Crippen molar-refractivity contribution in [3.63, 3.8) is 0 Å². The van der Waals surface area contributed by atoms with Gasteiger partial charge in [0.25, 0.3) is 5.91 Å². The molecule has 1 saturated heterocycles. The summed E-state index contributed by atoms with van der Waals surface area (Å²) < 4.78 is 5.54. The largest absolute Gasteiger partial charge is 0.482 e. The Morgan fingerprint density at radius 1 is 1.04 bits per heavy atom. The van der Waals surface area contributed by atoms with E-state index in [1.54, 1.807) is 18.2 Å². The summed E-state index contributed by atoms with van der Waals surface area (Å²) in [6.45, 7) is 3.87. The zero-order chi connectivity index (χ0) is 18.5. The number of carbonyl (C=O) groups excluding carboxylic acids is 1. The fourth-order valence-corrected chi connectivity index (χ4v) is 3.06. The summed E-state index contributed by atoms with van der Waals surface area (Å²) in [4.78, 5) is 16.5. The van der Waals surface area contributed by atoms with Gasteiger partial charge in [-0.1, -0.05) is 23.7 Å². The molecule has 6 nitrogen and oxygen atoms in total. The van der Waals surface area contributed by atoms with E-state index in [0.717, 1.165) is 24.7 Å². The second-order valence-corrected chi connectivity index (χ2v) is 6.81. The smallest absolute Gasteiger partial charge is 0.260 e. The number of carbonyl (C=O) groups is 1. The average molecular weight is 375 g/mol. The molecule has 0 radical (unpaired) electrons. The van der Waals surface area contributed by atoms with Gasteiger partial charge in [0.1, 0.15) is 5.75 Å². The molecule has 2 aromatic carbocycles. The van der Waals surface area contributed by atoms with Crippen molar-refractivity contribution in [3.05, 3.63) is 53.1 Å². The van der Waals surface area contributed by atoms with Crippen molar-refractivity contribution >= 4 is 28.9 Å². The maximum atomic E-state index is 12.4. The highest BCUT2D eigenvalue weighted by Gasteiger charge is 2.21. The lowest BCUT2D eigenvalue weighted by Gasteiger charge is -2.34. The number of rotatable bonds is 5. The number of anilines is 2. The molecule has 1 aliphatic heterocycles. The van der Waals surface area contributed by atoms with Gasteiger partial charge in [0.05, 0.1) is 5.69 Å². The molecule has 1 heterocycles. The van der Waals surface area contributed by atoms with E-state index in [2.05, 4.69) is 4.90 Å². The Morgan fingerprint density at radius 3 is 2.38 bits per heavy atom. The van der Waals surface area contributed by atoms with Gasteiger partial charge in [-0.15, -0.1) is 0 Å². The van der Waals surface area contributed by atoms with Gasteiger partial charge in [-0.05, 0) is 35.9 Å². The summed E-state index contributed by atoms with van der Waals surface area (Å²) >= 11 is 5.92. The first-order valence-electron chi connectivity index (χ1n) is 8.53. The Bertz CT molecular complexity index is 759. The van der Waals surface area contributed by atoms with Crippen molar-refractivity contribution in [3.8, 4) is 5.75 Å². The molecule has 0 bridgehead atoms. The van der Waals surface area contributed by atoms with E-state index in [1.807, 2.05) is 29.2 Å². The lowest BCUT2D eigenvalue weighted by atomic mass is 10.2. The third-order valence-corrected chi connectivity index (χ3v) is 4.68. The maximum absolute atomic E-state index is 12.4. The van der Waals surface area contributed by atoms with Gasteiger partial charge in [-0.2, -0.15) is 0 Å². The van der Waals surface area contributed by atoms with E-state index in [0.29, 0.717) is 30.2 Å². The van der Waals surface area contributed by atoms with Crippen LogP contribution in [0.25, 0.3) is 0 Å². The summed E-state index contributed by atoms with van der Waals surface area (Å²) in [5.74, 6) is 0.446. The average Bonchev–Trinajstić information content (AvgIpc) is 2.63. The second kappa shape index (κ2) is 8.29. The van der Waals surface area contributed by atoms with Crippen LogP contribution in [0.15, 0.2) is 42.5 Å². The molecular formula is C19H23ClN4O2. The van der Waals surface area contributed by atoms with E-state index in [4.69, 9.17) is 27.8 Å². The van der Waals surface area contributed by atoms with Crippen LogP contribution in [0.2, 0.25) is 5.02 Å². The molecule has 0 aromatic heterocycles. The number of nitrogens with two attached hydrogens (primary N) is 2. The first-order valence-corrected chi connectivity index (χ1v) is 8.91. The first-order chi connectivity index (χ1) is 12.5. The van der Waals surface area contributed by atoms with E-state index in [9.17, 15) is 4.79 Å². The van der Waals surface area contributed by atoms with Gasteiger partial charge in [0, 0.05) is 43.4 Å². The van der Waals surface area contributed by atoms with Gasteiger partial charge >= 0.3 is 0 Å². The van der Waals surface area contributed by atoms with Gasteiger partial charge in [0.15, 0.2) is 6.61 Å². The van der Waals surface area contributed by atoms with E-state index >= 15 is 0 Å². The van der Waals surface area contributed by atoms with Crippen LogP contribution in [0.3, 0.4) is 0 Å². The number of amides is 1. The third-order valence-electron chi connectivity index (χ3n) is 4.43. The third kappa shape index (κ3) is 4.80. The normalized spacial score (nSPS) is 15.0. The predicted molar refractivity (Wildman–Crippen MR) is 104 cm³/mol. The Morgan fingerprint density at radius 2 is 1.73 bits per heavy atom. The van der Waals surface area contributed by atoms with Crippen molar-refractivity contribution < 1.29 is 9.53 Å². The highest BCUT2D eigenvalue weighted by atomic mass is 35.5. The fraction of sp³-hybridized carbons (Fsp3) is 0.316. The van der Waals surface area contributed by atoms with Gasteiger partial charge in [-0.25, -0.2) is 0 Å². The number of ether oxygens (including phenoxy) is 1. The number of hydrogen-bond donors (Lipinski definition) is 2. The number of benzene rings is 2. The molecule has 0 spiro atoms. The second-order valence-electron chi connectivity index (χ2n) is 6.37. The monoisotopic (exact) mass is 374 g/mol. The topological polar surface area (TPSA) is 84.8 Å². The van der Waals surface area contributed by atoms with Crippen LogP contribution in [-0.4, -0.2) is 48.5 Å². The summed E-state index contributed by atoms with van der Waals surface area (Å²) in [5, 5.41) is 0.742. The molecule has 138 valence electrons. The number of nitrogens with zero attached hydrogens (tertiary/aromatic N) is 2. The zero-order valence-corrected chi connectivity index (χ0v) is 15.3. The Labute approximate surface area is 158 Å². The van der Waals surface area contributed by atoms with E-state index < -0.39 is 0 Å². The Kier molecular flexibility index (Phi) is 5.85. The molecule has 1 amide bonds. The minimum atomic E-state index is -0.0348. The molecule has 26 heavy (non-hydrogen) atoms. The predicted octanol–water partition coefficient (Wildman–Crippen LogP) is 2.23. The van der Waals surface area contributed by atoms with Gasteiger partial charge in [0.2, 0.25) is 0 Å². The van der Waals surface area contributed by atoms with Crippen molar-refractivity contribution in [1.29, 1.82) is 0 Å². The van der Waals surface area contributed by atoms with Crippen LogP contribution in [-0.2, 0) is 11.3 Å². The van der Waals surface area contributed by atoms with Crippen molar-refractivity contribution in [2.75, 3.05) is 44.3 Å². The maximum Gasteiger partial charge on any atom is 0.260 e. The van der Waals surface area contributed by atoms with Crippen LogP contribution in [0.1, 0.15) is 5.56 Å². The summed E-state index contributed by atoms with van der Waals surface area (Å²) in [5.41, 5.74) is 13.7. The SMILES string of the molecule is Nc1ccc(OCC(=O)N2CCN(Cc3ccc(Cl)cc3)CC2)c(N)c1. The molecule has 1 fully saturated rings. The minimum absolute atomic E-state index is 0.0225. The number of halogens is 1. The summed E-state index contributed by atoms with van der Waals surface area (Å²) in [6.07, 6.45) is 0. The van der Waals surface area contributed by atoms with Crippen LogP contribution >= 0.6 is 11.6 Å². The molecule has 0 unspecified atom stereocenters. The van der Waals surface area contributed by atoms with Crippen LogP contribution in [0.5, 0.6) is 5.75 Å². The van der Waals surface area contributed by atoms with Gasteiger partial charge < -0.3 is 21.1 Å². The van der Waals surface area contributed by atoms with Crippen molar-refractivity contribution in [1.82, 2.24) is 9.80 Å². The molecule has 0 saturated carbocycles. The number of nitrogen functional groups attached to an aromatic ring is 2. The minimum Gasteiger partial charge on any atom is -0.482 e. The van der Waals surface area contributed by atoms with Crippen molar-refractivity contribution in [2.24, 2.45) is 0 Å². The molecular weight excluding hydrogens is 352 g/mol. The summed E-state index contributed by atoms with van der Waals surface area (Å²) in [7, 11) is 0. The standard InChI is InChI=1S/C19H23ClN4O2/c20-15-3-1-14(2-4-15)12-23-7-9-24(10-8-23)19(25)13-26-18-6-5-16(21)11-17(18)22/h1-6,11H,7-10,12-13,21-22H2. The van der Waals surface area contributed by atoms with Crippen LogP contribution in [0, 0.1) is 0 Å². The van der Waals surface area contributed by atoms with Crippen LogP contribution in [0.4, 0.5) is 11.4 Å². The lowest BCUT2D eigenvalue weighted by Crippen LogP contribution is -2.49. The fourth-order valence-electron chi connectivity index (χ4n) is 2.93. The molecule has 0 atom stereocenters. The lowest BCUT2D eigenvalue weighted by molar-refractivity contribution is -0.135. The molecule has 4 N–H and O–H groups in total. The summed E-state index contributed by atoms with van der Waals surface area (Å²) in [6, 6.07) is 12.9. The highest BCUT2D eigenvalue weighted by Crippen LogP contribution is 2.23. The molecule has 3 rings (SSSR count). The Balaban J connectivity index is 1.45. The first kappa shape index (κ1) is 18.4. The quantitative estimate of drug-likeness (QED) is 0.784. The zero-order valence-electron chi connectivity index (χ0n) is 14.5. The number of piperazine rings is 1. The van der Waals surface area contributed by atoms with Crippen LogP contribution < -0.4 is 16.2 Å².